The Kier molecular flexibility index (Phi) is 4.81. The highest BCUT2D eigenvalue weighted by Crippen LogP contribution is 2.27. The van der Waals surface area contributed by atoms with Crippen LogP contribution in [0.15, 0.2) is 10.6 Å². The van der Waals surface area contributed by atoms with E-state index >= 15 is 0 Å². The van der Waals surface area contributed by atoms with Crippen LogP contribution in [0.1, 0.15) is 50.7 Å². The molecular formula is C17H27N3O2. The minimum atomic E-state index is 0.114. The molecule has 122 valence electrons. The van der Waals surface area contributed by atoms with Crippen LogP contribution in [0.25, 0.3) is 0 Å². The van der Waals surface area contributed by atoms with Crippen LogP contribution in [0.5, 0.6) is 0 Å². The van der Waals surface area contributed by atoms with Crippen molar-refractivity contribution >= 4 is 5.91 Å². The molecule has 0 spiro atoms. The first-order valence-corrected chi connectivity index (χ1v) is 8.52. The van der Waals surface area contributed by atoms with Gasteiger partial charge in [0.15, 0.2) is 0 Å². The lowest BCUT2D eigenvalue weighted by atomic mass is 10.1. The summed E-state index contributed by atoms with van der Waals surface area (Å²) in [6, 6.07) is 0.297. The van der Waals surface area contributed by atoms with Crippen LogP contribution in [0.2, 0.25) is 0 Å². The van der Waals surface area contributed by atoms with E-state index in [1.807, 2.05) is 11.8 Å². The largest absolute Gasteiger partial charge is 0.444 e. The minimum Gasteiger partial charge on any atom is -0.444 e. The summed E-state index contributed by atoms with van der Waals surface area (Å²) >= 11 is 0. The van der Waals surface area contributed by atoms with E-state index in [9.17, 15) is 4.79 Å². The van der Waals surface area contributed by atoms with Gasteiger partial charge in [-0.15, -0.1) is 0 Å². The smallest absolute Gasteiger partial charge is 0.220 e. The summed E-state index contributed by atoms with van der Waals surface area (Å²) in [6.45, 7) is 7.33. The highest BCUT2D eigenvalue weighted by molar-refractivity contribution is 5.73. The first-order valence-electron chi connectivity index (χ1n) is 8.52. The summed E-state index contributed by atoms with van der Waals surface area (Å²) < 4.78 is 5.54. The molecule has 5 heteroatoms. The molecule has 2 aliphatic rings. The zero-order valence-electron chi connectivity index (χ0n) is 13.8. The number of carbonyl (C=O) groups is 1. The van der Waals surface area contributed by atoms with E-state index in [-0.39, 0.29) is 5.91 Å². The lowest BCUT2D eigenvalue weighted by Crippen LogP contribution is -2.40. The van der Waals surface area contributed by atoms with Crippen molar-refractivity contribution in [1.82, 2.24) is 14.8 Å². The molecule has 1 saturated carbocycles. The number of hydrogen-bond acceptors (Lipinski definition) is 4. The van der Waals surface area contributed by atoms with Gasteiger partial charge >= 0.3 is 0 Å². The minimum absolute atomic E-state index is 0.114. The second-order valence-electron chi connectivity index (χ2n) is 6.86. The predicted octanol–water partition coefficient (Wildman–Crippen LogP) is 2.60. The average Bonchev–Trinajstić information content (AvgIpc) is 3.19. The summed E-state index contributed by atoms with van der Waals surface area (Å²) in [5.41, 5.74) is 0. The number of hydrogen-bond donors (Lipinski definition) is 0. The van der Waals surface area contributed by atoms with Crippen molar-refractivity contribution in [2.24, 2.45) is 5.92 Å². The molecule has 1 aliphatic heterocycles. The van der Waals surface area contributed by atoms with Gasteiger partial charge < -0.3 is 14.2 Å². The van der Waals surface area contributed by atoms with Crippen LogP contribution < -0.4 is 0 Å². The lowest BCUT2D eigenvalue weighted by molar-refractivity contribution is -0.132. The molecule has 2 fully saturated rings. The van der Waals surface area contributed by atoms with Crippen molar-refractivity contribution in [3.63, 3.8) is 0 Å². The van der Waals surface area contributed by atoms with Gasteiger partial charge in [-0.25, -0.2) is 4.98 Å². The van der Waals surface area contributed by atoms with Gasteiger partial charge in [-0.05, 0) is 32.1 Å². The van der Waals surface area contributed by atoms with Crippen molar-refractivity contribution in [2.75, 3.05) is 19.6 Å². The van der Waals surface area contributed by atoms with Crippen molar-refractivity contribution in [3.8, 4) is 0 Å². The summed E-state index contributed by atoms with van der Waals surface area (Å²) in [6.07, 6.45) is 8.33. The van der Waals surface area contributed by atoms with Crippen molar-refractivity contribution in [1.29, 1.82) is 0 Å². The SMILES string of the molecule is CC(=O)N(Cc1ncc(C)o1)[C@@H]1CCN(CC2CCCC2)C1. The third-order valence-electron chi connectivity index (χ3n) is 5.06. The van der Waals surface area contributed by atoms with E-state index < -0.39 is 0 Å². The average molecular weight is 305 g/mol. The summed E-state index contributed by atoms with van der Waals surface area (Å²) in [4.78, 5) is 20.7. The molecule has 2 heterocycles. The number of likely N-dealkylation sites (tertiary alicyclic amines) is 1. The molecule has 1 aromatic rings. The van der Waals surface area contributed by atoms with Gasteiger partial charge in [0, 0.05) is 32.6 Å². The standard InChI is InChI=1S/C17H27N3O2/c1-13-9-18-17(22-13)12-20(14(2)21)16-7-8-19(11-16)10-15-5-3-4-6-15/h9,15-16H,3-8,10-12H2,1-2H3/t16-/m1/s1. The van der Waals surface area contributed by atoms with Crippen molar-refractivity contribution in [2.45, 2.75) is 58.5 Å². The van der Waals surface area contributed by atoms with Crippen molar-refractivity contribution < 1.29 is 9.21 Å². The molecule has 0 aromatic carbocycles. The molecule has 0 radical (unpaired) electrons. The van der Waals surface area contributed by atoms with Gasteiger partial charge in [0.1, 0.15) is 5.76 Å². The monoisotopic (exact) mass is 305 g/mol. The Hall–Kier alpha value is -1.36. The topological polar surface area (TPSA) is 49.6 Å². The zero-order chi connectivity index (χ0) is 15.5. The molecule has 0 bridgehead atoms. The fourth-order valence-corrected chi connectivity index (χ4v) is 3.91. The maximum atomic E-state index is 12.0. The molecule has 0 unspecified atom stereocenters. The quantitative estimate of drug-likeness (QED) is 0.839. The van der Waals surface area contributed by atoms with Crippen LogP contribution >= 0.6 is 0 Å². The molecule has 3 rings (SSSR count). The molecule has 22 heavy (non-hydrogen) atoms. The van der Waals surface area contributed by atoms with Gasteiger partial charge in [-0.1, -0.05) is 12.8 Å². The van der Waals surface area contributed by atoms with E-state index in [0.717, 1.165) is 31.2 Å². The van der Waals surface area contributed by atoms with Gasteiger partial charge in [-0.3, -0.25) is 4.79 Å². The van der Waals surface area contributed by atoms with Gasteiger partial charge in [0.2, 0.25) is 11.8 Å². The summed E-state index contributed by atoms with van der Waals surface area (Å²) in [5, 5.41) is 0. The Labute approximate surface area is 132 Å². The number of oxazole rings is 1. The second kappa shape index (κ2) is 6.82. The van der Waals surface area contributed by atoms with E-state index in [4.69, 9.17) is 4.42 Å². The molecule has 1 amide bonds. The van der Waals surface area contributed by atoms with E-state index in [0.29, 0.717) is 18.5 Å². The highest BCUT2D eigenvalue weighted by Gasteiger charge is 2.31. The van der Waals surface area contributed by atoms with Gasteiger partial charge in [-0.2, -0.15) is 0 Å². The Morgan fingerprint density at radius 3 is 2.82 bits per heavy atom. The zero-order valence-corrected chi connectivity index (χ0v) is 13.8. The Morgan fingerprint density at radius 2 is 2.18 bits per heavy atom. The van der Waals surface area contributed by atoms with Crippen LogP contribution in [0.4, 0.5) is 0 Å². The molecule has 1 aromatic heterocycles. The van der Waals surface area contributed by atoms with Crippen LogP contribution in [0, 0.1) is 12.8 Å². The third kappa shape index (κ3) is 3.69. The number of amides is 1. The fraction of sp³-hybridized carbons (Fsp3) is 0.765. The van der Waals surface area contributed by atoms with Crippen molar-refractivity contribution in [3.05, 3.63) is 17.8 Å². The van der Waals surface area contributed by atoms with Gasteiger partial charge in [0.25, 0.3) is 0 Å². The molecule has 1 aliphatic carbocycles. The molecule has 1 saturated heterocycles. The van der Waals surface area contributed by atoms with Crippen LogP contribution in [0.3, 0.4) is 0 Å². The second-order valence-corrected chi connectivity index (χ2v) is 6.86. The molecule has 1 atom stereocenters. The summed E-state index contributed by atoms with van der Waals surface area (Å²) in [7, 11) is 0. The Balaban J connectivity index is 1.57. The highest BCUT2D eigenvalue weighted by atomic mass is 16.4. The number of carbonyl (C=O) groups excluding carboxylic acids is 1. The molecule has 0 N–H and O–H groups in total. The molecular weight excluding hydrogens is 278 g/mol. The first kappa shape index (κ1) is 15.5. The maximum absolute atomic E-state index is 12.0. The number of rotatable bonds is 5. The fourth-order valence-electron chi connectivity index (χ4n) is 3.91. The number of aryl methyl sites for hydroxylation is 1. The summed E-state index contributed by atoms with van der Waals surface area (Å²) in [5.74, 6) is 2.43. The first-order chi connectivity index (χ1) is 10.6. The maximum Gasteiger partial charge on any atom is 0.220 e. The van der Waals surface area contributed by atoms with E-state index in [1.165, 1.54) is 32.2 Å². The predicted molar refractivity (Wildman–Crippen MR) is 84.3 cm³/mol. The normalized spacial score (nSPS) is 23.3. The number of nitrogens with zero attached hydrogens (tertiary/aromatic N) is 3. The van der Waals surface area contributed by atoms with E-state index in [2.05, 4.69) is 9.88 Å². The Bertz CT molecular complexity index is 508. The van der Waals surface area contributed by atoms with Crippen LogP contribution in [-0.2, 0) is 11.3 Å². The third-order valence-corrected chi connectivity index (χ3v) is 5.06. The van der Waals surface area contributed by atoms with Crippen LogP contribution in [-0.4, -0.2) is 46.4 Å². The number of aromatic nitrogens is 1. The molecule has 5 nitrogen and oxygen atoms in total. The van der Waals surface area contributed by atoms with Gasteiger partial charge in [0.05, 0.1) is 12.7 Å². The Morgan fingerprint density at radius 1 is 1.41 bits per heavy atom. The lowest BCUT2D eigenvalue weighted by Gasteiger charge is -2.27. The van der Waals surface area contributed by atoms with E-state index in [1.54, 1.807) is 13.1 Å².